The minimum Gasteiger partial charge on any atom is -0.480 e. The van der Waals surface area contributed by atoms with E-state index in [0.717, 1.165) is 19.4 Å². The largest absolute Gasteiger partial charge is 0.480 e. The van der Waals surface area contributed by atoms with Gasteiger partial charge in [-0.05, 0) is 19.3 Å². The SMILES string of the molecule is CCCCOCCNC(CC)(CC)C(=O)O. The molecule has 0 amide bonds. The van der Waals surface area contributed by atoms with Crippen molar-refractivity contribution >= 4 is 5.97 Å². The Labute approximate surface area is 98.4 Å². The van der Waals surface area contributed by atoms with E-state index in [0.29, 0.717) is 26.0 Å². The third-order valence-corrected chi connectivity index (χ3v) is 2.97. The number of carboxylic acid groups (broad SMARTS) is 1. The molecule has 0 saturated heterocycles. The third kappa shape index (κ3) is 4.94. The van der Waals surface area contributed by atoms with Crippen molar-refractivity contribution in [2.75, 3.05) is 19.8 Å². The molecule has 0 unspecified atom stereocenters. The smallest absolute Gasteiger partial charge is 0.323 e. The number of carboxylic acids is 1. The maximum absolute atomic E-state index is 11.1. The number of hydrogen-bond donors (Lipinski definition) is 2. The second-order valence-electron chi connectivity index (χ2n) is 3.99. The lowest BCUT2D eigenvalue weighted by Gasteiger charge is -2.28. The van der Waals surface area contributed by atoms with Crippen LogP contribution in [0.3, 0.4) is 0 Å². The van der Waals surface area contributed by atoms with E-state index in [-0.39, 0.29) is 0 Å². The highest BCUT2D eigenvalue weighted by Gasteiger charge is 2.33. The molecule has 0 aromatic heterocycles. The molecule has 0 saturated carbocycles. The van der Waals surface area contributed by atoms with Gasteiger partial charge in [-0.2, -0.15) is 0 Å². The summed E-state index contributed by atoms with van der Waals surface area (Å²) < 4.78 is 5.38. The summed E-state index contributed by atoms with van der Waals surface area (Å²) in [5.41, 5.74) is -0.784. The molecule has 0 aliphatic carbocycles. The van der Waals surface area contributed by atoms with Crippen LogP contribution in [-0.2, 0) is 9.53 Å². The molecule has 0 heterocycles. The highest BCUT2D eigenvalue weighted by atomic mass is 16.5. The number of rotatable bonds is 10. The van der Waals surface area contributed by atoms with Crippen LogP contribution in [0, 0.1) is 0 Å². The highest BCUT2D eigenvalue weighted by Crippen LogP contribution is 2.14. The predicted molar refractivity (Wildman–Crippen MR) is 64.7 cm³/mol. The van der Waals surface area contributed by atoms with E-state index in [1.165, 1.54) is 0 Å². The Bertz CT molecular complexity index is 191. The molecule has 0 spiro atoms. The van der Waals surface area contributed by atoms with E-state index >= 15 is 0 Å². The Kier molecular flexibility index (Phi) is 8.21. The average Bonchev–Trinajstić information content (AvgIpc) is 2.28. The number of aliphatic carboxylic acids is 1. The van der Waals surface area contributed by atoms with Crippen LogP contribution in [0.15, 0.2) is 0 Å². The molecule has 0 aliphatic rings. The molecule has 16 heavy (non-hydrogen) atoms. The number of ether oxygens (including phenoxy) is 1. The van der Waals surface area contributed by atoms with Gasteiger partial charge in [0.2, 0.25) is 0 Å². The van der Waals surface area contributed by atoms with Gasteiger partial charge in [-0.25, -0.2) is 0 Å². The zero-order chi connectivity index (χ0) is 12.4. The van der Waals surface area contributed by atoms with Crippen LogP contribution >= 0.6 is 0 Å². The van der Waals surface area contributed by atoms with Crippen LogP contribution in [0.5, 0.6) is 0 Å². The van der Waals surface area contributed by atoms with Crippen LogP contribution in [0.4, 0.5) is 0 Å². The second kappa shape index (κ2) is 8.53. The van der Waals surface area contributed by atoms with Crippen molar-refractivity contribution in [1.82, 2.24) is 5.32 Å². The first-order valence-electron chi connectivity index (χ1n) is 6.19. The van der Waals surface area contributed by atoms with Crippen LogP contribution in [0.25, 0.3) is 0 Å². The monoisotopic (exact) mass is 231 g/mol. The zero-order valence-electron chi connectivity index (χ0n) is 10.7. The molecular weight excluding hydrogens is 206 g/mol. The van der Waals surface area contributed by atoms with E-state index in [9.17, 15) is 4.79 Å². The Morgan fingerprint density at radius 1 is 1.25 bits per heavy atom. The van der Waals surface area contributed by atoms with Gasteiger partial charge in [-0.1, -0.05) is 27.2 Å². The van der Waals surface area contributed by atoms with Gasteiger partial charge in [0.25, 0.3) is 0 Å². The minimum atomic E-state index is -0.784. The molecule has 96 valence electrons. The van der Waals surface area contributed by atoms with Crippen molar-refractivity contribution < 1.29 is 14.6 Å². The van der Waals surface area contributed by atoms with Gasteiger partial charge in [-0.15, -0.1) is 0 Å². The fourth-order valence-electron chi connectivity index (χ4n) is 1.59. The Balaban J connectivity index is 3.81. The van der Waals surface area contributed by atoms with E-state index in [1.807, 2.05) is 13.8 Å². The Morgan fingerprint density at radius 3 is 2.31 bits per heavy atom. The summed E-state index contributed by atoms with van der Waals surface area (Å²) in [6.45, 7) is 7.83. The van der Waals surface area contributed by atoms with Crippen molar-refractivity contribution in [1.29, 1.82) is 0 Å². The Hall–Kier alpha value is -0.610. The zero-order valence-corrected chi connectivity index (χ0v) is 10.7. The van der Waals surface area contributed by atoms with Crippen molar-refractivity contribution in [3.63, 3.8) is 0 Å². The number of unbranched alkanes of at least 4 members (excludes halogenated alkanes) is 1. The molecule has 0 aromatic rings. The van der Waals surface area contributed by atoms with E-state index in [4.69, 9.17) is 9.84 Å². The maximum atomic E-state index is 11.1. The molecule has 0 radical (unpaired) electrons. The summed E-state index contributed by atoms with van der Waals surface area (Å²) in [4.78, 5) is 11.1. The first-order chi connectivity index (χ1) is 7.63. The first kappa shape index (κ1) is 15.4. The minimum absolute atomic E-state index is 0.578. The lowest BCUT2D eigenvalue weighted by atomic mass is 9.93. The maximum Gasteiger partial charge on any atom is 0.323 e. The van der Waals surface area contributed by atoms with Crippen molar-refractivity contribution in [2.45, 2.75) is 52.0 Å². The van der Waals surface area contributed by atoms with Crippen molar-refractivity contribution in [2.24, 2.45) is 0 Å². The molecule has 0 atom stereocenters. The Morgan fingerprint density at radius 2 is 1.88 bits per heavy atom. The second-order valence-corrected chi connectivity index (χ2v) is 3.99. The van der Waals surface area contributed by atoms with E-state index < -0.39 is 11.5 Å². The van der Waals surface area contributed by atoms with Crippen molar-refractivity contribution in [3.05, 3.63) is 0 Å². The summed E-state index contributed by atoms with van der Waals surface area (Å²) >= 11 is 0. The molecule has 2 N–H and O–H groups in total. The molecule has 0 fully saturated rings. The third-order valence-electron chi connectivity index (χ3n) is 2.97. The highest BCUT2D eigenvalue weighted by molar-refractivity contribution is 5.78. The van der Waals surface area contributed by atoms with E-state index in [1.54, 1.807) is 0 Å². The molecule has 4 nitrogen and oxygen atoms in total. The quantitative estimate of drug-likeness (QED) is 0.565. The standard InChI is InChI=1S/C12H25NO3/c1-4-7-9-16-10-8-13-12(5-2,6-3)11(14)15/h13H,4-10H2,1-3H3,(H,14,15). The fraction of sp³-hybridized carbons (Fsp3) is 0.917. The summed E-state index contributed by atoms with van der Waals surface area (Å²) in [5, 5.41) is 12.2. The van der Waals surface area contributed by atoms with Gasteiger partial charge >= 0.3 is 5.97 Å². The number of carbonyl (C=O) groups is 1. The molecule has 0 bridgehead atoms. The molecule has 0 aromatic carbocycles. The van der Waals surface area contributed by atoms with Gasteiger partial charge in [0.15, 0.2) is 0 Å². The van der Waals surface area contributed by atoms with Crippen LogP contribution in [0.2, 0.25) is 0 Å². The molecule has 0 aliphatic heterocycles. The number of hydrogen-bond acceptors (Lipinski definition) is 3. The molecular formula is C12H25NO3. The average molecular weight is 231 g/mol. The predicted octanol–water partition coefficient (Wildman–Crippen LogP) is 2.04. The topological polar surface area (TPSA) is 58.6 Å². The summed E-state index contributed by atoms with van der Waals surface area (Å²) in [7, 11) is 0. The van der Waals surface area contributed by atoms with Gasteiger partial charge in [-0.3, -0.25) is 10.1 Å². The molecule has 0 rings (SSSR count). The van der Waals surface area contributed by atoms with Gasteiger partial charge in [0.1, 0.15) is 5.54 Å². The van der Waals surface area contributed by atoms with Crippen molar-refractivity contribution in [3.8, 4) is 0 Å². The van der Waals surface area contributed by atoms with Gasteiger partial charge in [0.05, 0.1) is 6.61 Å². The van der Waals surface area contributed by atoms with Crippen LogP contribution in [-0.4, -0.2) is 36.4 Å². The molecule has 4 heteroatoms. The lowest BCUT2D eigenvalue weighted by Crippen LogP contribution is -2.52. The lowest BCUT2D eigenvalue weighted by molar-refractivity contribution is -0.145. The summed E-state index contributed by atoms with van der Waals surface area (Å²) in [6, 6.07) is 0. The first-order valence-corrected chi connectivity index (χ1v) is 6.19. The van der Waals surface area contributed by atoms with Crippen LogP contribution < -0.4 is 5.32 Å². The summed E-state index contributed by atoms with van der Waals surface area (Å²) in [5.74, 6) is -0.772. The van der Waals surface area contributed by atoms with Gasteiger partial charge in [0, 0.05) is 13.2 Å². The van der Waals surface area contributed by atoms with E-state index in [2.05, 4.69) is 12.2 Å². The summed E-state index contributed by atoms with van der Waals surface area (Å²) in [6.07, 6.45) is 3.36. The normalized spacial score (nSPS) is 11.7. The van der Waals surface area contributed by atoms with Gasteiger partial charge < -0.3 is 9.84 Å². The van der Waals surface area contributed by atoms with Crippen LogP contribution in [0.1, 0.15) is 46.5 Å². The fourth-order valence-corrected chi connectivity index (χ4v) is 1.59. The number of nitrogens with one attached hydrogen (secondary N) is 1.